The highest BCUT2D eigenvalue weighted by molar-refractivity contribution is 5.80. The molecule has 0 radical (unpaired) electrons. The Labute approximate surface area is 199 Å². The zero-order valence-electron chi connectivity index (χ0n) is 21.6. The lowest BCUT2D eigenvalue weighted by molar-refractivity contribution is -0.143. The van der Waals surface area contributed by atoms with Gasteiger partial charge in [0, 0.05) is 13.1 Å². The largest absolute Gasteiger partial charge is 0.394 e. The third-order valence-electron chi connectivity index (χ3n) is 6.40. The molecule has 32 heavy (non-hydrogen) atoms. The summed E-state index contributed by atoms with van der Waals surface area (Å²) in [6.07, 6.45) is 18.4. The second kappa shape index (κ2) is 22.2. The minimum Gasteiger partial charge on any atom is -0.394 e. The third-order valence-corrected chi connectivity index (χ3v) is 6.40. The number of amides is 1. The highest BCUT2D eigenvalue weighted by Crippen LogP contribution is 2.16. The van der Waals surface area contributed by atoms with E-state index in [4.69, 9.17) is 0 Å². The van der Waals surface area contributed by atoms with E-state index in [1.54, 1.807) is 4.90 Å². The van der Waals surface area contributed by atoms with Gasteiger partial charge in [-0.15, -0.1) is 0 Å². The van der Waals surface area contributed by atoms with Gasteiger partial charge in [0.1, 0.15) is 6.10 Å². The summed E-state index contributed by atoms with van der Waals surface area (Å²) in [4.78, 5) is 14.2. The number of aliphatic hydroxyl groups excluding tert-OH is 3. The summed E-state index contributed by atoms with van der Waals surface area (Å²) >= 11 is 0. The molecule has 0 saturated carbocycles. The lowest BCUT2D eigenvalue weighted by atomic mass is 10.00. The molecule has 0 saturated heterocycles. The molecule has 0 heterocycles. The molecule has 0 aromatic rings. The van der Waals surface area contributed by atoms with E-state index in [2.05, 4.69) is 20.8 Å². The zero-order valence-corrected chi connectivity index (χ0v) is 21.6. The number of carbonyl (C=O) groups excluding carboxylic acids is 1. The first kappa shape index (κ1) is 31.4. The summed E-state index contributed by atoms with van der Waals surface area (Å²) in [5.41, 5.74) is 0. The van der Waals surface area contributed by atoms with Gasteiger partial charge < -0.3 is 20.2 Å². The van der Waals surface area contributed by atoms with Crippen LogP contribution in [-0.2, 0) is 4.79 Å². The summed E-state index contributed by atoms with van der Waals surface area (Å²) in [6.45, 7) is 6.73. The van der Waals surface area contributed by atoms with Crippen molar-refractivity contribution in [3.63, 3.8) is 0 Å². The molecular formula is C27H55NO4. The smallest absolute Gasteiger partial charge is 0.251 e. The van der Waals surface area contributed by atoms with Gasteiger partial charge in [-0.25, -0.2) is 0 Å². The van der Waals surface area contributed by atoms with Crippen LogP contribution in [0.1, 0.15) is 130 Å². The van der Waals surface area contributed by atoms with Crippen molar-refractivity contribution in [2.75, 3.05) is 19.7 Å². The van der Waals surface area contributed by atoms with E-state index in [0.29, 0.717) is 18.9 Å². The first-order valence-electron chi connectivity index (χ1n) is 13.7. The van der Waals surface area contributed by atoms with Crippen LogP contribution in [0.25, 0.3) is 0 Å². The molecule has 0 aliphatic carbocycles. The van der Waals surface area contributed by atoms with Crippen molar-refractivity contribution in [3.8, 4) is 0 Å². The van der Waals surface area contributed by atoms with Crippen LogP contribution in [0.5, 0.6) is 0 Å². The minimum absolute atomic E-state index is 0.0863. The fraction of sp³-hybridized carbons (Fsp3) is 0.963. The van der Waals surface area contributed by atoms with Crippen LogP contribution >= 0.6 is 0 Å². The van der Waals surface area contributed by atoms with Crippen LogP contribution in [0, 0.1) is 5.92 Å². The summed E-state index contributed by atoms with van der Waals surface area (Å²) in [5, 5.41) is 29.3. The Kier molecular flexibility index (Phi) is 21.7. The molecule has 192 valence electrons. The van der Waals surface area contributed by atoms with Gasteiger partial charge in [0.25, 0.3) is 5.91 Å². The fourth-order valence-electron chi connectivity index (χ4n) is 4.29. The van der Waals surface area contributed by atoms with Crippen molar-refractivity contribution in [2.24, 2.45) is 5.92 Å². The van der Waals surface area contributed by atoms with E-state index in [-0.39, 0.29) is 19.1 Å². The number of carbonyl (C=O) groups is 1. The molecule has 5 heteroatoms. The highest BCUT2D eigenvalue weighted by Gasteiger charge is 2.25. The molecule has 0 fully saturated rings. The van der Waals surface area contributed by atoms with Gasteiger partial charge in [-0.05, 0) is 18.8 Å². The second-order valence-corrected chi connectivity index (χ2v) is 9.87. The highest BCUT2D eigenvalue weighted by atomic mass is 16.3. The number of rotatable bonds is 23. The summed E-state index contributed by atoms with van der Waals surface area (Å²) in [5.74, 6) is 0.00551. The normalized spacial score (nSPS) is 14.3. The molecule has 3 N–H and O–H groups in total. The molecule has 0 bridgehead atoms. The van der Waals surface area contributed by atoms with Gasteiger partial charge in [-0.2, -0.15) is 0 Å². The van der Waals surface area contributed by atoms with E-state index >= 15 is 0 Å². The van der Waals surface area contributed by atoms with Crippen molar-refractivity contribution in [1.82, 2.24) is 4.90 Å². The van der Waals surface area contributed by atoms with Crippen LogP contribution in [0.4, 0.5) is 0 Å². The number of nitrogens with zero attached hydrogens (tertiary/aromatic N) is 1. The third kappa shape index (κ3) is 17.9. The van der Waals surface area contributed by atoms with Crippen LogP contribution in [-0.4, -0.2) is 58.0 Å². The van der Waals surface area contributed by atoms with E-state index in [9.17, 15) is 20.1 Å². The average molecular weight is 458 g/mol. The predicted molar refractivity (Wildman–Crippen MR) is 135 cm³/mol. The zero-order chi connectivity index (χ0) is 24.0. The van der Waals surface area contributed by atoms with E-state index in [0.717, 1.165) is 32.1 Å². The minimum atomic E-state index is -1.01. The summed E-state index contributed by atoms with van der Waals surface area (Å²) in [6, 6.07) is 0. The molecule has 0 aliphatic rings. The van der Waals surface area contributed by atoms with E-state index < -0.39 is 12.2 Å². The quantitative estimate of drug-likeness (QED) is 0.168. The summed E-state index contributed by atoms with van der Waals surface area (Å²) in [7, 11) is 0. The van der Waals surface area contributed by atoms with Crippen molar-refractivity contribution in [2.45, 2.75) is 142 Å². The van der Waals surface area contributed by atoms with Crippen molar-refractivity contribution < 1.29 is 20.1 Å². The molecule has 5 nitrogen and oxygen atoms in total. The van der Waals surface area contributed by atoms with Gasteiger partial charge in [0.05, 0.1) is 12.7 Å². The van der Waals surface area contributed by atoms with Crippen molar-refractivity contribution >= 4 is 5.91 Å². The number of hydrogen-bond donors (Lipinski definition) is 3. The Morgan fingerprint density at radius 3 is 1.62 bits per heavy atom. The average Bonchev–Trinajstić information content (AvgIpc) is 2.78. The maximum absolute atomic E-state index is 12.7. The second-order valence-electron chi connectivity index (χ2n) is 9.87. The fourth-order valence-corrected chi connectivity index (χ4v) is 4.29. The molecule has 1 amide bonds. The van der Waals surface area contributed by atoms with Gasteiger partial charge in [-0.3, -0.25) is 4.79 Å². The van der Waals surface area contributed by atoms with E-state index in [1.807, 2.05) is 0 Å². The lowest BCUT2D eigenvalue weighted by Crippen LogP contribution is -2.46. The Bertz CT molecular complexity index is 418. The maximum atomic E-state index is 12.7. The van der Waals surface area contributed by atoms with E-state index in [1.165, 1.54) is 70.6 Å². The SMILES string of the molecule is CCCCCCCCCCCCCCC(C)CN(CC(O)CO)C(=O)C(O)CCCCC. The monoisotopic (exact) mass is 457 g/mol. The molecular weight excluding hydrogens is 402 g/mol. The topological polar surface area (TPSA) is 81.0 Å². The van der Waals surface area contributed by atoms with Crippen LogP contribution < -0.4 is 0 Å². The van der Waals surface area contributed by atoms with Gasteiger partial charge in [0.15, 0.2) is 0 Å². The molecule has 0 rings (SSSR count). The number of unbranched alkanes of at least 4 members (excludes halogenated alkanes) is 13. The number of hydrogen-bond acceptors (Lipinski definition) is 4. The molecule has 3 unspecified atom stereocenters. The van der Waals surface area contributed by atoms with Gasteiger partial charge in [0.2, 0.25) is 0 Å². The maximum Gasteiger partial charge on any atom is 0.251 e. The standard InChI is InChI=1S/C27H55NO4/c1-4-6-8-9-10-11-12-13-14-15-16-18-19-24(3)21-28(22-25(30)23-29)27(32)26(31)20-17-7-5-2/h24-26,29-31H,4-23H2,1-3H3. The lowest BCUT2D eigenvalue weighted by Gasteiger charge is -2.29. The molecule has 0 aromatic carbocycles. The van der Waals surface area contributed by atoms with Crippen LogP contribution in [0.15, 0.2) is 0 Å². The van der Waals surface area contributed by atoms with Crippen molar-refractivity contribution in [3.05, 3.63) is 0 Å². The molecule has 0 aliphatic heterocycles. The predicted octanol–water partition coefficient (Wildman–Crippen LogP) is 5.84. The Hall–Kier alpha value is -0.650. The Balaban J connectivity index is 4.05. The van der Waals surface area contributed by atoms with Crippen molar-refractivity contribution in [1.29, 1.82) is 0 Å². The Morgan fingerprint density at radius 2 is 1.12 bits per heavy atom. The number of aliphatic hydroxyl groups is 3. The van der Waals surface area contributed by atoms with Crippen LogP contribution in [0.3, 0.4) is 0 Å². The van der Waals surface area contributed by atoms with Gasteiger partial charge in [-0.1, -0.05) is 117 Å². The first-order chi connectivity index (χ1) is 15.5. The molecule has 0 aromatic heterocycles. The van der Waals surface area contributed by atoms with Crippen LogP contribution in [0.2, 0.25) is 0 Å². The first-order valence-corrected chi connectivity index (χ1v) is 13.7. The van der Waals surface area contributed by atoms with Gasteiger partial charge >= 0.3 is 0 Å². The Morgan fingerprint density at radius 1 is 0.688 bits per heavy atom. The molecule has 0 spiro atoms. The molecule has 3 atom stereocenters. The summed E-state index contributed by atoms with van der Waals surface area (Å²) < 4.78 is 0.